The topological polar surface area (TPSA) is 3.24 Å². The molecule has 0 bridgehead atoms. The van der Waals surface area contributed by atoms with Gasteiger partial charge in [-0.2, -0.15) is 0 Å². The van der Waals surface area contributed by atoms with Crippen LogP contribution in [0.2, 0.25) is 0 Å². The van der Waals surface area contributed by atoms with E-state index < -0.39 is 5.41 Å². The molecule has 4 aliphatic rings. The second-order valence-corrected chi connectivity index (χ2v) is 20.6. The van der Waals surface area contributed by atoms with E-state index in [4.69, 9.17) is 0 Å². The minimum atomic E-state index is -0.499. The molecule has 324 valence electrons. The third-order valence-corrected chi connectivity index (χ3v) is 16.4. The van der Waals surface area contributed by atoms with E-state index in [1.165, 1.54) is 114 Å². The number of allylic oxidation sites excluding steroid dienone is 2. The first kappa shape index (κ1) is 40.8. The van der Waals surface area contributed by atoms with Gasteiger partial charge in [-0.3, -0.25) is 0 Å². The van der Waals surface area contributed by atoms with Gasteiger partial charge in [0.2, 0.25) is 0 Å². The molecule has 1 nitrogen and oxygen atoms in total. The van der Waals surface area contributed by atoms with Gasteiger partial charge in [0.15, 0.2) is 0 Å². The molecule has 0 saturated carbocycles. The van der Waals surface area contributed by atoms with E-state index in [0.29, 0.717) is 5.92 Å². The van der Waals surface area contributed by atoms with Gasteiger partial charge in [0.1, 0.15) is 0 Å². The van der Waals surface area contributed by atoms with Gasteiger partial charge in [-0.25, -0.2) is 0 Å². The third-order valence-electron chi connectivity index (χ3n) is 16.4. The molecule has 0 aromatic heterocycles. The van der Waals surface area contributed by atoms with Gasteiger partial charge >= 0.3 is 0 Å². The highest BCUT2D eigenvalue weighted by Gasteiger charge is 2.53. The standard InChI is InChI=1S/C65H59N/c1-7-45-33-35-64(34-32-44(4)36-45)55-22-13-11-20-51(55)53-28-26-49(40-59(53)64)66(48-19-15-18-47(39-48)46-16-9-8-10-17-46)50-27-29-54-52-21-12-14-23-56(52)65(60(54)41-50)57-30-24-42(2)37-61(57)63(5,6)62-38-43(3)25-31-58(62)65/h8-32,34,37-41,44-45H,7,33,35-36H2,1-6H3/b34-32+. The molecule has 0 N–H and O–H groups in total. The van der Waals surface area contributed by atoms with E-state index in [1.807, 2.05) is 0 Å². The molecule has 0 saturated heterocycles. The van der Waals surface area contributed by atoms with Gasteiger partial charge in [0, 0.05) is 27.9 Å². The second-order valence-electron chi connectivity index (χ2n) is 20.6. The van der Waals surface area contributed by atoms with Crippen molar-refractivity contribution in [2.75, 3.05) is 4.90 Å². The van der Waals surface area contributed by atoms with Crippen molar-refractivity contribution >= 4 is 17.1 Å². The van der Waals surface area contributed by atoms with Crippen LogP contribution < -0.4 is 4.90 Å². The lowest BCUT2D eigenvalue weighted by molar-refractivity contribution is 0.350. The number of nitrogens with zero attached hydrogens (tertiary/aromatic N) is 1. The van der Waals surface area contributed by atoms with Crippen molar-refractivity contribution in [2.45, 2.75) is 83.5 Å². The van der Waals surface area contributed by atoms with Crippen molar-refractivity contribution in [3.8, 4) is 33.4 Å². The zero-order chi connectivity index (χ0) is 45.0. The number of anilines is 3. The first-order valence-electron chi connectivity index (χ1n) is 24.5. The summed E-state index contributed by atoms with van der Waals surface area (Å²) in [6, 6.07) is 67.9. The Bertz CT molecular complexity index is 3200. The van der Waals surface area contributed by atoms with Crippen molar-refractivity contribution in [3.05, 3.63) is 244 Å². The zero-order valence-electron chi connectivity index (χ0n) is 39.3. The summed E-state index contributed by atoms with van der Waals surface area (Å²) in [5.74, 6) is 1.26. The minimum absolute atomic E-state index is 0.175. The number of hydrogen-bond donors (Lipinski definition) is 0. The molecule has 8 aromatic carbocycles. The Hall–Kier alpha value is -6.70. The maximum Gasteiger partial charge on any atom is 0.0720 e. The molecule has 0 amide bonds. The summed E-state index contributed by atoms with van der Waals surface area (Å²) in [4.78, 5) is 2.56. The maximum atomic E-state index is 2.61. The number of fused-ring (bicyclic) bond motifs is 14. The van der Waals surface area contributed by atoms with Crippen molar-refractivity contribution in [2.24, 2.45) is 11.8 Å². The highest BCUT2D eigenvalue weighted by atomic mass is 15.1. The summed E-state index contributed by atoms with van der Waals surface area (Å²) in [5.41, 5.74) is 24.2. The maximum absolute atomic E-state index is 2.61. The molecule has 3 unspecified atom stereocenters. The van der Waals surface area contributed by atoms with Crippen molar-refractivity contribution in [1.82, 2.24) is 0 Å². The van der Waals surface area contributed by atoms with Crippen LogP contribution >= 0.6 is 0 Å². The largest absolute Gasteiger partial charge is 0.310 e. The number of rotatable bonds is 5. The molecule has 4 aliphatic carbocycles. The SMILES string of the molecule is CCC1CCC2(/C=C/C(C)C1)c1ccccc1-c1ccc(N(c3cccc(-c4ccccc4)c3)c3ccc4c(c3)C3(c5ccccc5-4)c4ccc(C)cc4C(C)(C)c4cc(C)ccc43)cc12. The fourth-order valence-electron chi connectivity index (χ4n) is 13.1. The molecule has 66 heavy (non-hydrogen) atoms. The normalized spacial score (nSPS) is 20.6. The van der Waals surface area contributed by atoms with E-state index in [9.17, 15) is 0 Å². The Morgan fingerprint density at radius 2 is 1.05 bits per heavy atom. The van der Waals surface area contributed by atoms with Crippen molar-refractivity contribution in [3.63, 3.8) is 0 Å². The van der Waals surface area contributed by atoms with Crippen LogP contribution in [-0.4, -0.2) is 0 Å². The van der Waals surface area contributed by atoms with Gasteiger partial charge in [0.25, 0.3) is 0 Å². The number of aryl methyl sites for hydroxylation is 2. The first-order chi connectivity index (χ1) is 32.1. The van der Waals surface area contributed by atoms with E-state index in [-0.39, 0.29) is 10.8 Å². The molecule has 8 aromatic rings. The molecule has 0 radical (unpaired) electrons. The molecule has 12 rings (SSSR count). The van der Waals surface area contributed by atoms with Crippen LogP contribution in [0.3, 0.4) is 0 Å². The monoisotopic (exact) mass is 853 g/mol. The Balaban J connectivity index is 1.13. The van der Waals surface area contributed by atoms with Crippen LogP contribution in [0, 0.1) is 25.7 Å². The predicted octanol–water partition coefficient (Wildman–Crippen LogP) is 17.1. The lowest BCUT2D eigenvalue weighted by Crippen LogP contribution is -2.41. The van der Waals surface area contributed by atoms with Gasteiger partial charge in [-0.1, -0.05) is 197 Å². The summed E-state index contributed by atoms with van der Waals surface area (Å²) in [6.07, 6.45) is 9.97. The first-order valence-corrected chi connectivity index (χ1v) is 24.5. The highest BCUT2D eigenvalue weighted by molar-refractivity contribution is 5.93. The zero-order valence-corrected chi connectivity index (χ0v) is 39.3. The van der Waals surface area contributed by atoms with E-state index in [2.05, 4.69) is 235 Å². The van der Waals surface area contributed by atoms with Crippen LogP contribution in [0.1, 0.15) is 109 Å². The average Bonchev–Trinajstić information content (AvgIpc) is 3.78. The van der Waals surface area contributed by atoms with Crippen molar-refractivity contribution in [1.29, 1.82) is 0 Å². The highest BCUT2D eigenvalue weighted by Crippen LogP contribution is 2.63. The van der Waals surface area contributed by atoms with E-state index in [0.717, 1.165) is 23.7 Å². The number of hydrogen-bond acceptors (Lipinski definition) is 1. The second kappa shape index (κ2) is 15.2. The molecule has 0 fully saturated rings. The Morgan fingerprint density at radius 1 is 0.485 bits per heavy atom. The molecular formula is C65H59N. The smallest absolute Gasteiger partial charge is 0.0720 e. The van der Waals surface area contributed by atoms with E-state index >= 15 is 0 Å². The summed E-state index contributed by atoms with van der Waals surface area (Å²) < 4.78 is 0. The van der Waals surface area contributed by atoms with Gasteiger partial charge < -0.3 is 4.90 Å². The van der Waals surface area contributed by atoms with Crippen LogP contribution in [0.4, 0.5) is 17.1 Å². The van der Waals surface area contributed by atoms with Gasteiger partial charge in [-0.15, -0.1) is 0 Å². The van der Waals surface area contributed by atoms with Crippen LogP contribution in [0.25, 0.3) is 33.4 Å². The van der Waals surface area contributed by atoms with Gasteiger partial charge in [-0.05, 0) is 159 Å². The fraction of sp³-hybridized carbons (Fsp3) is 0.231. The molecule has 3 atom stereocenters. The van der Waals surface area contributed by atoms with Crippen LogP contribution in [0.15, 0.2) is 188 Å². The summed E-state index contributed by atoms with van der Waals surface area (Å²) >= 11 is 0. The minimum Gasteiger partial charge on any atom is -0.310 e. The lowest BCUT2D eigenvalue weighted by atomic mass is 9.55. The van der Waals surface area contributed by atoms with Gasteiger partial charge in [0.05, 0.1) is 5.41 Å². The summed E-state index contributed by atoms with van der Waals surface area (Å²) in [6.45, 7) is 14.2. The van der Waals surface area contributed by atoms with E-state index in [1.54, 1.807) is 0 Å². The quantitative estimate of drug-likeness (QED) is 0.156. The van der Waals surface area contributed by atoms with Crippen LogP contribution in [-0.2, 0) is 16.2 Å². The fourth-order valence-corrected chi connectivity index (χ4v) is 13.1. The molecule has 2 spiro atoms. The Morgan fingerprint density at radius 3 is 1.73 bits per heavy atom. The number of benzene rings is 8. The lowest BCUT2D eigenvalue weighted by Gasteiger charge is -2.47. The molecule has 1 heteroatoms. The van der Waals surface area contributed by atoms with Crippen molar-refractivity contribution < 1.29 is 0 Å². The Labute approximate surface area is 392 Å². The van der Waals surface area contributed by atoms with Crippen LogP contribution in [0.5, 0.6) is 0 Å². The predicted molar refractivity (Wildman–Crippen MR) is 278 cm³/mol. The summed E-state index contributed by atoms with van der Waals surface area (Å²) in [7, 11) is 0. The Kier molecular flexibility index (Phi) is 9.38. The molecular weight excluding hydrogens is 795 g/mol. The molecule has 0 aliphatic heterocycles. The third kappa shape index (κ3) is 5.91. The average molecular weight is 854 g/mol. The molecule has 0 heterocycles. The summed E-state index contributed by atoms with van der Waals surface area (Å²) in [5, 5.41) is 0.